The predicted octanol–water partition coefficient (Wildman–Crippen LogP) is 3.30. The summed E-state index contributed by atoms with van der Waals surface area (Å²) in [5, 5.41) is 10.9. The van der Waals surface area contributed by atoms with Crippen molar-refractivity contribution in [3.05, 3.63) is 83.8 Å². The van der Waals surface area contributed by atoms with E-state index < -0.39 is 17.7 Å². The van der Waals surface area contributed by atoms with Crippen molar-refractivity contribution in [2.45, 2.75) is 25.9 Å². The van der Waals surface area contributed by atoms with Crippen LogP contribution in [0.4, 0.5) is 0 Å². The third-order valence-corrected chi connectivity index (χ3v) is 5.05. The molecule has 1 N–H and O–H groups in total. The van der Waals surface area contributed by atoms with Gasteiger partial charge in [0.05, 0.1) is 18.2 Å². The van der Waals surface area contributed by atoms with Crippen molar-refractivity contribution in [2.24, 2.45) is 0 Å². The summed E-state index contributed by atoms with van der Waals surface area (Å²) in [6.45, 7) is 2.94. The first-order valence-electron chi connectivity index (χ1n) is 9.41. The van der Waals surface area contributed by atoms with Crippen LogP contribution in [0, 0.1) is 6.92 Å². The number of furan rings is 1. The Balaban J connectivity index is 1.68. The number of aromatic nitrogens is 2. The molecule has 2 aromatic heterocycles. The highest BCUT2D eigenvalue weighted by molar-refractivity contribution is 6.46. The van der Waals surface area contributed by atoms with Gasteiger partial charge in [0.1, 0.15) is 17.6 Å². The van der Waals surface area contributed by atoms with Crippen LogP contribution in [0.3, 0.4) is 0 Å². The summed E-state index contributed by atoms with van der Waals surface area (Å²) < 4.78 is 7.43. The van der Waals surface area contributed by atoms with Crippen LogP contribution in [0.5, 0.6) is 0 Å². The van der Waals surface area contributed by atoms with Crippen molar-refractivity contribution in [3.63, 3.8) is 0 Å². The molecule has 0 saturated carbocycles. The zero-order valence-electron chi connectivity index (χ0n) is 16.0. The molecule has 1 atom stereocenters. The first kappa shape index (κ1) is 18.7. The molecule has 1 unspecified atom stereocenters. The first-order chi connectivity index (χ1) is 14.1. The molecule has 1 aromatic carbocycles. The quantitative estimate of drug-likeness (QED) is 0.396. The smallest absolute Gasteiger partial charge is 0.295 e. The molecule has 0 spiro atoms. The molecule has 148 valence electrons. The topological polar surface area (TPSA) is 88.6 Å². The van der Waals surface area contributed by atoms with Gasteiger partial charge in [-0.15, -0.1) is 0 Å². The van der Waals surface area contributed by atoms with Gasteiger partial charge in [-0.3, -0.25) is 9.59 Å². The number of benzene rings is 1. The van der Waals surface area contributed by atoms with Gasteiger partial charge in [0, 0.05) is 31.0 Å². The van der Waals surface area contributed by atoms with Gasteiger partial charge in [0.2, 0.25) is 0 Å². The van der Waals surface area contributed by atoms with Gasteiger partial charge >= 0.3 is 0 Å². The zero-order valence-corrected chi connectivity index (χ0v) is 16.0. The number of hydrogen-bond acceptors (Lipinski definition) is 5. The Morgan fingerprint density at radius 2 is 1.97 bits per heavy atom. The molecule has 1 fully saturated rings. The predicted molar refractivity (Wildman–Crippen MR) is 106 cm³/mol. The molecule has 0 aliphatic carbocycles. The van der Waals surface area contributed by atoms with E-state index in [1.165, 1.54) is 11.2 Å². The molecular weight excluding hydrogens is 370 g/mol. The Hall–Kier alpha value is -3.61. The number of likely N-dealkylation sites (tertiary alicyclic amines) is 1. The lowest BCUT2D eigenvalue weighted by Gasteiger charge is -2.23. The van der Waals surface area contributed by atoms with Crippen LogP contribution in [0.15, 0.2) is 71.4 Å². The maximum Gasteiger partial charge on any atom is 0.295 e. The Morgan fingerprint density at radius 1 is 1.17 bits per heavy atom. The van der Waals surface area contributed by atoms with Crippen molar-refractivity contribution in [1.29, 1.82) is 0 Å². The lowest BCUT2D eigenvalue weighted by atomic mass is 9.99. The first-order valence-corrected chi connectivity index (χ1v) is 9.41. The number of aliphatic hydroxyl groups excluding tert-OH is 1. The second-order valence-electron chi connectivity index (χ2n) is 7.03. The third kappa shape index (κ3) is 3.59. The number of carbonyl (C=O) groups excluding carboxylic acids is 2. The summed E-state index contributed by atoms with van der Waals surface area (Å²) in [4.78, 5) is 31.1. The Kier molecular flexibility index (Phi) is 5.03. The molecular formula is C22H21N3O4. The Bertz CT molecular complexity index is 1030. The molecule has 29 heavy (non-hydrogen) atoms. The minimum absolute atomic E-state index is 0.0523. The number of imidazole rings is 1. The second kappa shape index (κ2) is 7.79. The van der Waals surface area contributed by atoms with Crippen LogP contribution in [0.25, 0.3) is 5.76 Å². The molecule has 1 saturated heterocycles. The van der Waals surface area contributed by atoms with Gasteiger partial charge in [0.15, 0.2) is 0 Å². The van der Waals surface area contributed by atoms with Gasteiger partial charge in [-0.1, -0.05) is 29.8 Å². The number of Topliss-reactive ketones (excluding diaryl/α,β-unsaturated/α-hetero) is 1. The highest BCUT2D eigenvalue weighted by atomic mass is 16.3. The van der Waals surface area contributed by atoms with Crippen LogP contribution >= 0.6 is 0 Å². The average Bonchev–Trinajstić information content (AvgIpc) is 3.46. The van der Waals surface area contributed by atoms with Gasteiger partial charge in [-0.25, -0.2) is 4.98 Å². The molecule has 1 aliphatic rings. The Labute approximate surface area is 167 Å². The van der Waals surface area contributed by atoms with E-state index in [0.29, 0.717) is 30.8 Å². The molecule has 4 rings (SSSR count). The monoisotopic (exact) mass is 391 g/mol. The fourth-order valence-electron chi connectivity index (χ4n) is 3.56. The summed E-state index contributed by atoms with van der Waals surface area (Å²) in [6.07, 6.45) is 7.36. The normalized spacial score (nSPS) is 18.5. The minimum Gasteiger partial charge on any atom is -0.507 e. The highest BCUT2D eigenvalue weighted by Gasteiger charge is 2.47. The van der Waals surface area contributed by atoms with E-state index in [1.54, 1.807) is 36.8 Å². The number of hydrogen-bond donors (Lipinski definition) is 1. The van der Waals surface area contributed by atoms with Gasteiger partial charge in [-0.05, 0) is 25.5 Å². The van der Waals surface area contributed by atoms with Crippen molar-refractivity contribution in [1.82, 2.24) is 14.5 Å². The van der Waals surface area contributed by atoms with Crippen molar-refractivity contribution < 1.29 is 19.1 Å². The lowest BCUT2D eigenvalue weighted by molar-refractivity contribution is -0.140. The van der Waals surface area contributed by atoms with E-state index in [0.717, 1.165) is 5.56 Å². The summed E-state index contributed by atoms with van der Waals surface area (Å²) in [6, 6.07) is 9.81. The number of aliphatic hydroxyl groups is 1. The fraction of sp³-hybridized carbons (Fsp3) is 0.227. The number of ketones is 1. The van der Waals surface area contributed by atoms with Crippen LogP contribution in [0.1, 0.15) is 29.3 Å². The summed E-state index contributed by atoms with van der Waals surface area (Å²) >= 11 is 0. The third-order valence-electron chi connectivity index (χ3n) is 5.05. The number of carbonyl (C=O) groups is 2. The SMILES string of the molecule is Cc1ccc(/C(O)=C2/C(=O)C(=O)N(CCCn3ccnc3)C2c2ccco2)cc1. The van der Waals surface area contributed by atoms with Crippen molar-refractivity contribution in [2.75, 3.05) is 6.54 Å². The maximum absolute atomic E-state index is 12.8. The minimum atomic E-state index is -0.755. The van der Waals surface area contributed by atoms with Crippen LogP contribution in [-0.4, -0.2) is 37.8 Å². The van der Waals surface area contributed by atoms with Crippen LogP contribution < -0.4 is 0 Å². The summed E-state index contributed by atoms with van der Waals surface area (Å²) in [5.41, 5.74) is 1.57. The van der Waals surface area contributed by atoms with Crippen molar-refractivity contribution >= 4 is 17.4 Å². The number of nitrogens with zero attached hydrogens (tertiary/aromatic N) is 3. The Morgan fingerprint density at radius 3 is 2.62 bits per heavy atom. The van der Waals surface area contributed by atoms with Gasteiger partial charge < -0.3 is 19.0 Å². The molecule has 3 aromatic rings. The largest absolute Gasteiger partial charge is 0.507 e. The zero-order chi connectivity index (χ0) is 20.4. The highest BCUT2D eigenvalue weighted by Crippen LogP contribution is 2.39. The number of aryl methyl sites for hydroxylation is 2. The number of rotatable bonds is 6. The summed E-state index contributed by atoms with van der Waals surface area (Å²) in [5.74, 6) is -1.08. The van der Waals surface area contributed by atoms with E-state index in [9.17, 15) is 14.7 Å². The molecule has 7 nitrogen and oxygen atoms in total. The standard InChI is InChI=1S/C22H21N3O4/c1-15-5-7-16(8-6-15)20(26)18-19(17-4-2-13-29-17)25(22(28)21(18)27)11-3-10-24-12-9-23-14-24/h2,4-9,12-14,19,26H,3,10-11H2,1H3/b20-18-. The van der Waals surface area contributed by atoms with E-state index in [1.807, 2.05) is 29.8 Å². The van der Waals surface area contributed by atoms with E-state index in [-0.39, 0.29) is 11.3 Å². The maximum atomic E-state index is 12.8. The van der Waals surface area contributed by atoms with Gasteiger partial charge in [-0.2, -0.15) is 0 Å². The van der Waals surface area contributed by atoms with Crippen LogP contribution in [0.2, 0.25) is 0 Å². The number of amides is 1. The molecule has 3 heterocycles. The second-order valence-corrected chi connectivity index (χ2v) is 7.03. The molecule has 1 aliphatic heterocycles. The summed E-state index contributed by atoms with van der Waals surface area (Å²) in [7, 11) is 0. The molecule has 0 radical (unpaired) electrons. The van der Waals surface area contributed by atoms with Crippen molar-refractivity contribution in [3.8, 4) is 0 Å². The lowest BCUT2D eigenvalue weighted by Crippen LogP contribution is -2.31. The molecule has 0 bridgehead atoms. The van der Waals surface area contributed by atoms with E-state index >= 15 is 0 Å². The van der Waals surface area contributed by atoms with Crippen LogP contribution in [-0.2, 0) is 16.1 Å². The van der Waals surface area contributed by atoms with E-state index in [2.05, 4.69) is 4.98 Å². The average molecular weight is 391 g/mol. The molecule has 7 heteroatoms. The fourth-order valence-corrected chi connectivity index (χ4v) is 3.56. The molecule has 1 amide bonds. The van der Waals surface area contributed by atoms with E-state index in [4.69, 9.17) is 4.42 Å². The van der Waals surface area contributed by atoms with Gasteiger partial charge in [0.25, 0.3) is 11.7 Å².